The number of fused-ring (bicyclic) bond motifs is 1. The molecule has 3 heterocycles. The number of pyridine rings is 1. The van der Waals surface area contributed by atoms with Crippen LogP contribution in [0.5, 0.6) is 5.75 Å². The van der Waals surface area contributed by atoms with Gasteiger partial charge in [0.15, 0.2) is 5.13 Å². The molecule has 1 aliphatic rings. The molecule has 2 aromatic heterocycles. The van der Waals surface area contributed by atoms with Crippen molar-refractivity contribution in [2.75, 3.05) is 11.5 Å². The van der Waals surface area contributed by atoms with E-state index in [1.54, 1.807) is 12.1 Å². The van der Waals surface area contributed by atoms with Crippen LogP contribution in [0.2, 0.25) is 0 Å². The van der Waals surface area contributed by atoms with Gasteiger partial charge in [0.25, 0.3) is 5.78 Å². The maximum absolute atomic E-state index is 13.5. The van der Waals surface area contributed by atoms with E-state index in [0.717, 1.165) is 35.0 Å². The van der Waals surface area contributed by atoms with Gasteiger partial charge in [0.2, 0.25) is 0 Å². The molecule has 7 nitrogen and oxygen atoms in total. The second kappa shape index (κ2) is 10.5. The lowest BCUT2D eigenvalue weighted by molar-refractivity contribution is -0.132. The van der Waals surface area contributed by atoms with Crippen molar-refractivity contribution in [3.05, 3.63) is 89.3 Å². The minimum Gasteiger partial charge on any atom is -0.507 e. The number of aromatic nitrogens is 2. The van der Waals surface area contributed by atoms with Crippen molar-refractivity contribution >= 4 is 44.1 Å². The summed E-state index contributed by atoms with van der Waals surface area (Å²) < 4.78 is 6.87. The lowest BCUT2D eigenvalue weighted by Gasteiger charge is -2.23. The zero-order valence-electron chi connectivity index (χ0n) is 20.7. The standard InChI is InChI=1S/C29H27N3O4S/c1-3-4-5-15-36-21-8-6-7-20(17-21)25-24(26(33)19-11-13-30-14-12-19)27(34)28(35)32(25)29-31-22-10-9-18(2)16-23(22)37-29/h6-14,16-17,25,33H,3-5,15H2,1-2H3/b26-24+. The SMILES string of the molecule is CCCCCOc1cccc(C2/C(=C(\O)c3ccncc3)C(=O)C(=O)N2c2nc3ccc(C)cc3s2)c1. The average molecular weight is 514 g/mol. The summed E-state index contributed by atoms with van der Waals surface area (Å²) in [5, 5.41) is 11.7. The molecule has 1 unspecified atom stereocenters. The number of unbranched alkanes of at least 4 members (excludes halogenated alkanes) is 2. The van der Waals surface area contributed by atoms with E-state index in [1.165, 1.54) is 28.6 Å². The number of nitrogens with zero attached hydrogens (tertiary/aromatic N) is 3. The first-order valence-corrected chi connectivity index (χ1v) is 13.1. The summed E-state index contributed by atoms with van der Waals surface area (Å²) in [6.07, 6.45) is 6.16. The Morgan fingerprint density at radius 2 is 1.89 bits per heavy atom. The Morgan fingerprint density at radius 1 is 1.08 bits per heavy atom. The van der Waals surface area contributed by atoms with Gasteiger partial charge in [-0.2, -0.15) is 0 Å². The highest BCUT2D eigenvalue weighted by Gasteiger charge is 2.48. The van der Waals surface area contributed by atoms with Crippen molar-refractivity contribution in [3.63, 3.8) is 0 Å². The number of aryl methyl sites for hydroxylation is 1. The molecular formula is C29H27N3O4S. The molecule has 4 aromatic rings. The van der Waals surface area contributed by atoms with Crippen molar-refractivity contribution in [2.45, 2.75) is 39.2 Å². The molecule has 8 heteroatoms. The molecule has 0 aliphatic carbocycles. The zero-order valence-corrected chi connectivity index (χ0v) is 21.5. The maximum Gasteiger partial charge on any atom is 0.301 e. The van der Waals surface area contributed by atoms with Gasteiger partial charge in [0.1, 0.15) is 11.5 Å². The molecule has 0 bridgehead atoms. The largest absolute Gasteiger partial charge is 0.507 e. The van der Waals surface area contributed by atoms with Gasteiger partial charge in [-0.1, -0.05) is 49.3 Å². The zero-order chi connectivity index (χ0) is 25.9. The maximum atomic E-state index is 13.5. The van der Waals surface area contributed by atoms with E-state index in [0.29, 0.717) is 28.6 Å². The summed E-state index contributed by atoms with van der Waals surface area (Å²) >= 11 is 1.34. The molecule has 0 saturated carbocycles. The Labute approximate surface area is 219 Å². The number of anilines is 1. The topological polar surface area (TPSA) is 92.6 Å². The van der Waals surface area contributed by atoms with Gasteiger partial charge in [-0.3, -0.25) is 19.5 Å². The molecule has 0 spiro atoms. The number of ether oxygens (including phenoxy) is 1. The number of carbonyl (C=O) groups excluding carboxylic acids is 2. The number of ketones is 1. The highest BCUT2D eigenvalue weighted by Crippen LogP contribution is 2.44. The predicted octanol–water partition coefficient (Wildman–Crippen LogP) is 6.20. The fraction of sp³-hybridized carbons (Fsp3) is 0.241. The monoisotopic (exact) mass is 513 g/mol. The number of Topliss-reactive ketones (excluding diaryl/α,β-unsaturated/α-hetero) is 1. The predicted molar refractivity (Wildman–Crippen MR) is 145 cm³/mol. The highest BCUT2D eigenvalue weighted by molar-refractivity contribution is 7.22. The minimum absolute atomic E-state index is 0.00905. The molecule has 37 heavy (non-hydrogen) atoms. The van der Waals surface area contributed by atoms with Gasteiger partial charge < -0.3 is 9.84 Å². The van der Waals surface area contributed by atoms with Gasteiger partial charge in [0.05, 0.1) is 28.4 Å². The second-order valence-electron chi connectivity index (χ2n) is 9.00. The van der Waals surface area contributed by atoms with Crippen molar-refractivity contribution in [1.29, 1.82) is 0 Å². The van der Waals surface area contributed by atoms with Crippen LogP contribution in [0.1, 0.15) is 48.9 Å². The van der Waals surface area contributed by atoms with Crippen LogP contribution in [0.15, 0.2) is 72.6 Å². The number of aliphatic hydroxyl groups excluding tert-OH is 1. The van der Waals surface area contributed by atoms with E-state index in [4.69, 9.17) is 4.74 Å². The fourth-order valence-electron chi connectivity index (χ4n) is 4.45. The number of amides is 1. The normalized spacial score (nSPS) is 17.0. The van der Waals surface area contributed by atoms with Crippen LogP contribution in [0.4, 0.5) is 5.13 Å². The fourth-order valence-corrected chi connectivity index (χ4v) is 5.54. The smallest absolute Gasteiger partial charge is 0.301 e. The molecule has 188 valence electrons. The molecule has 5 rings (SSSR count). The average Bonchev–Trinajstić information content (AvgIpc) is 3.44. The third-order valence-corrected chi connectivity index (χ3v) is 7.34. The van der Waals surface area contributed by atoms with Crippen LogP contribution in [0.25, 0.3) is 16.0 Å². The highest BCUT2D eigenvalue weighted by atomic mass is 32.1. The molecule has 1 N–H and O–H groups in total. The minimum atomic E-state index is -0.867. The number of carbonyl (C=O) groups is 2. The van der Waals surface area contributed by atoms with E-state index in [1.807, 2.05) is 49.4 Å². The number of thiazole rings is 1. The number of hydrogen-bond acceptors (Lipinski definition) is 7. The molecule has 1 saturated heterocycles. The molecule has 1 amide bonds. The van der Waals surface area contributed by atoms with Crippen molar-refractivity contribution in [1.82, 2.24) is 9.97 Å². The lowest BCUT2D eigenvalue weighted by atomic mass is 9.95. The van der Waals surface area contributed by atoms with Gasteiger partial charge in [-0.05, 0) is 60.9 Å². The van der Waals surface area contributed by atoms with Crippen LogP contribution < -0.4 is 9.64 Å². The number of aliphatic hydroxyl groups is 1. The van der Waals surface area contributed by atoms with Crippen LogP contribution in [0, 0.1) is 6.92 Å². The van der Waals surface area contributed by atoms with Gasteiger partial charge in [-0.15, -0.1) is 0 Å². The first-order chi connectivity index (χ1) is 18.0. The summed E-state index contributed by atoms with van der Waals surface area (Å²) in [6, 6.07) is 15.5. The van der Waals surface area contributed by atoms with Crippen LogP contribution in [-0.4, -0.2) is 33.4 Å². The van der Waals surface area contributed by atoms with Crippen LogP contribution >= 0.6 is 11.3 Å². The number of hydrogen-bond donors (Lipinski definition) is 1. The van der Waals surface area contributed by atoms with Crippen LogP contribution in [0.3, 0.4) is 0 Å². The van der Waals surface area contributed by atoms with Gasteiger partial charge in [-0.25, -0.2) is 4.98 Å². The molecule has 1 aliphatic heterocycles. The van der Waals surface area contributed by atoms with Crippen LogP contribution in [-0.2, 0) is 9.59 Å². The van der Waals surface area contributed by atoms with E-state index in [-0.39, 0.29) is 11.3 Å². The Kier molecular flexibility index (Phi) is 7.01. The van der Waals surface area contributed by atoms with Gasteiger partial charge >= 0.3 is 5.91 Å². The third-order valence-electron chi connectivity index (χ3n) is 6.33. The second-order valence-corrected chi connectivity index (χ2v) is 10.0. The Hall–Kier alpha value is -4.04. The summed E-state index contributed by atoms with van der Waals surface area (Å²) in [5.41, 5.74) is 2.89. The molecule has 2 aromatic carbocycles. The van der Waals surface area contributed by atoms with Crippen molar-refractivity contribution < 1.29 is 19.4 Å². The molecule has 1 atom stereocenters. The van der Waals surface area contributed by atoms with E-state index in [9.17, 15) is 14.7 Å². The van der Waals surface area contributed by atoms with Gasteiger partial charge in [0, 0.05) is 18.0 Å². The quantitative estimate of drug-likeness (QED) is 0.131. The Bertz CT molecular complexity index is 1500. The number of benzene rings is 2. The molecule has 1 fully saturated rings. The first-order valence-electron chi connectivity index (χ1n) is 12.3. The van der Waals surface area contributed by atoms with E-state index >= 15 is 0 Å². The summed E-state index contributed by atoms with van der Waals surface area (Å²) in [6.45, 7) is 4.70. The summed E-state index contributed by atoms with van der Waals surface area (Å²) in [7, 11) is 0. The van der Waals surface area contributed by atoms with Crippen molar-refractivity contribution in [3.8, 4) is 5.75 Å². The summed E-state index contributed by atoms with van der Waals surface area (Å²) in [4.78, 5) is 36.9. The third kappa shape index (κ3) is 4.84. The summed E-state index contributed by atoms with van der Waals surface area (Å²) in [5.74, 6) is -1.10. The van der Waals surface area contributed by atoms with E-state index < -0.39 is 17.7 Å². The van der Waals surface area contributed by atoms with E-state index in [2.05, 4.69) is 16.9 Å². The van der Waals surface area contributed by atoms with Crippen molar-refractivity contribution in [2.24, 2.45) is 0 Å². The Balaban J connectivity index is 1.64. The molecular weight excluding hydrogens is 486 g/mol. The number of rotatable bonds is 8. The Morgan fingerprint density at radius 3 is 2.68 bits per heavy atom. The molecule has 0 radical (unpaired) electrons. The lowest BCUT2D eigenvalue weighted by Crippen LogP contribution is -2.29. The first kappa shape index (κ1) is 24.6.